The van der Waals surface area contributed by atoms with Crippen molar-refractivity contribution in [1.29, 1.82) is 0 Å². The van der Waals surface area contributed by atoms with Crippen LogP contribution in [0.2, 0.25) is 0 Å². The molecule has 0 saturated carbocycles. The molecule has 0 aliphatic heterocycles. The largest absolute Gasteiger partial charge is 0.141 e. The fourth-order valence-corrected chi connectivity index (χ4v) is 0. The normalized spacial score (nSPS) is 10.5. The second-order valence-electron chi connectivity index (χ2n) is 0.408. The van der Waals surface area contributed by atoms with E-state index in [1.54, 1.807) is 0 Å². The van der Waals surface area contributed by atoms with E-state index in [-0.39, 0.29) is 0 Å². The van der Waals surface area contributed by atoms with Crippen LogP contribution in [0.4, 0.5) is 0 Å². The third-order valence-electron chi connectivity index (χ3n) is 0.204. The van der Waals surface area contributed by atoms with E-state index in [1.807, 2.05) is 11.4 Å². The summed E-state index contributed by atoms with van der Waals surface area (Å²) < 4.78 is 0. The average molecular weight is 94.1 g/mol. The third kappa shape index (κ3) is 2.78. The second-order valence-corrected chi connectivity index (χ2v) is 3.67. The summed E-state index contributed by atoms with van der Waals surface area (Å²) in [6.07, 6.45) is 2.11. The van der Waals surface area contributed by atoms with Crippen LogP contribution in [0.1, 0.15) is 0 Å². The van der Waals surface area contributed by atoms with E-state index in [4.69, 9.17) is 0 Å². The minimum absolute atomic E-state index is 1.06. The van der Waals surface area contributed by atoms with Crippen LogP contribution < -0.4 is 0 Å². The molecule has 26 valence electrons. The van der Waals surface area contributed by atoms with Crippen LogP contribution in [0.3, 0.4) is 0 Å². The SMILES string of the molecule is CPSC. The number of hydrogen-bond acceptors (Lipinski definition) is 1. The molecular formula is C2H7PS. The van der Waals surface area contributed by atoms with Crippen LogP contribution >= 0.6 is 19.2 Å². The predicted molar refractivity (Wildman–Crippen MR) is 27.8 cm³/mol. The summed E-state index contributed by atoms with van der Waals surface area (Å²) >= 11 is 1.88. The molecule has 0 amide bonds. The molecular weight excluding hydrogens is 87.1 g/mol. The molecule has 1 unspecified atom stereocenters. The summed E-state index contributed by atoms with van der Waals surface area (Å²) in [5, 5.41) is 0. The molecule has 0 aromatic rings. The van der Waals surface area contributed by atoms with Gasteiger partial charge in [-0.1, -0.05) is 7.78 Å². The Morgan fingerprint density at radius 2 is 2.00 bits per heavy atom. The van der Waals surface area contributed by atoms with Crippen LogP contribution in [-0.4, -0.2) is 12.9 Å². The smallest absolute Gasteiger partial charge is 0.0145 e. The molecule has 1 atom stereocenters. The maximum absolute atomic E-state index is 2.17. The first-order chi connectivity index (χ1) is 1.91. The fourth-order valence-electron chi connectivity index (χ4n) is 0. The van der Waals surface area contributed by atoms with Crippen LogP contribution in [0, 0.1) is 0 Å². The van der Waals surface area contributed by atoms with Gasteiger partial charge in [0.05, 0.1) is 0 Å². The highest BCUT2D eigenvalue weighted by Gasteiger charge is 1.54. The van der Waals surface area contributed by atoms with Gasteiger partial charge in [0.2, 0.25) is 0 Å². The van der Waals surface area contributed by atoms with E-state index in [0.717, 1.165) is 7.78 Å². The van der Waals surface area contributed by atoms with Crippen molar-refractivity contribution in [2.24, 2.45) is 0 Å². The Hall–Kier alpha value is 0.780. The Morgan fingerprint density at radius 1 is 1.75 bits per heavy atom. The molecule has 0 aliphatic rings. The van der Waals surface area contributed by atoms with E-state index in [2.05, 4.69) is 12.9 Å². The van der Waals surface area contributed by atoms with Gasteiger partial charge in [-0.05, 0) is 12.9 Å². The lowest BCUT2D eigenvalue weighted by atomic mass is 12.0. The van der Waals surface area contributed by atoms with Crippen molar-refractivity contribution in [3.63, 3.8) is 0 Å². The second kappa shape index (κ2) is 3.78. The first-order valence-corrected chi connectivity index (χ1v) is 4.56. The monoisotopic (exact) mass is 94.0 g/mol. The third-order valence-corrected chi connectivity index (χ3v) is 1.84. The van der Waals surface area contributed by atoms with Gasteiger partial charge in [0, 0.05) is 0 Å². The van der Waals surface area contributed by atoms with Gasteiger partial charge in [0.1, 0.15) is 0 Å². The van der Waals surface area contributed by atoms with Crippen LogP contribution in [0.15, 0.2) is 0 Å². The molecule has 0 heterocycles. The summed E-state index contributed by atoms with van der Waals surface area (Å²) in [6.45, 7) is 2.17. The van der Waals surface area contributed by atoms with Crippen molar-refractivity contribution in [2.45, 2.75) is 0 Å². The van der Waals surface area contributed by atoms with Crippen molar-refractivity contribution in [1.82, 2.24) is 0 Å². The molecule has 0 spiro atoms. The Balaban J connectivity index is 1.97. The van der Waals surface area contributed by atoms with Gasteiger partial charge in [-0.3, -0.25) is 0 Å². The molecule has 0 N–H and O–H groups in total. The van der Waals surface area contributed by atoms with E-state index in [1.165, 1.54) is 0 Å². The van der Waals surface area contributed by atoms with Gasteiger partial charge in [0.15, 0.2) is 0 Å². The van der Waals surface area contributed by atoms with Gasteiger partial charge < -0.3 is 0 Å². The van der Waals surface area contributed by atoms with E-state index in [9.17, 15) is 0 Å². The van der Waals surface area contributed by atoms with E-state index in [0.29, 0.717) is 0 Å². The zero-order chi connectivity index (χ0) is 3.41. The van der Waals surface area contributed by atoms with Crippen molar-refractivity contribution in [3.8, 4) is 0 Å². The van der Waals surface area contributed by atoms with Gasteiger partial charge in [-0.25, -0.2) is 0 Å². The standard InChI is InChI=1S/C2H7PS/c1-3-4-2/h3H,1-2H3. The quantitative estimate of drug-likeness (QED) is 0.444. The highest BCUT2D eigenvalue weighted by Crippen LogP contribution is 2.18. The zero-order valence-corrected chi connectivity index (χ0v) is 4.72. The van der Waals surface area contributed by atoms with Gasteiger partial charge in [0.25, 0.3) is 0 Å². The molecule has 0 nitrogen and oxygen atoms in total. The molecule has 0 aromatic carbocycles. The summed E-state index contributed by atoms with van der Waals surface area (Å²) in [7, 11) is 1.06. The minimum atomic E-state index is 1.06. The first-order valence-electron chi connectivity index (χ1n) is 1.11. The lowest BCUT2D eigenvalue weighted by Crippen LogP contribution is -1.23. The summed E-state index contributed by atoms with van der Waals surface area (Å²) in [4.78, 5) is 0. The first kappa shape index (κ1) is 4.78. The summed E-state index contributed by atoms with van der Waals surface area (Å²) in [6, 6.07) is 0. The molecule has 0 saturated heterocycles. The van der Waals surface area contributed by atoms with Gasteiger partial charge in [-0.15, -0.1) is 11.4 Å². The molecule has 0 aromatic heterocycles. The topological polar surface area (TPSA) is 0 Å². The van der Waals surface area contributed by atoms with Gasteiger partial charge in [-0.2, -0.15) is 0 Å². The van der Waals surface area contributed by atoms with Gasteiger partial charge >= 0.3 is 0 Å². The molecule has 0 rings (SSSR count). The molecule has 4 heavy (non-hydrogen) atoms. The Bertz CT molecular complexity index is 8.00. The van der Waals surface area contributed by atoms with Crippen LogP contribution in [0.5, 0.6) is 0 Å². The lowest BCUT2D eigenvalue weighted by molar-refractivity contribution is 2.48. The summed E-state index contributed by atoms with van der Waals surface area (Å²) in [5.41, 5.74) is 0. The minimum Gasteiger partial charge on any atom is -0.141 e. The molecule has 0 bridgehead atoms. The fraction of sp³-hybridized carbons (Fsp3) is 1.00. The van der Waals surface area contributed by atoms with Crippen LogP contribution in [0.25, 0.3) is 0 Å². The van der Waals surface area contributed by atoms with Crippen LogP contribution in [-0.2, 0) is 0 Å². The maximum Gasteiger partial charge on any atom is -0.0145 e. The zero-order valence-electron chi connectivity index (χ0n) is 2.91. The van der Waals surface area contributed by atoms with Crippen molar-refractivity contribution in [2.75, 3.05) is 12.9 Å². The Labute approximate surface area is 32.9 Å². The Morgan fingerprint density at radius 3 is 2.00 bits per heavy atom. The average Bonchev–Trinajstić information content (AvgIpc) is 1.37. The van der Waals surface area contributed by atoms with E-state index >= 15 is 0 Å². The van der Waals surface area contributed by atoms with Crippen molar-refractivity contribution < 1.29 is 0 Å². The highest BCUT2D eigenvalue weighted by molar-refractivity contribution is 8.49. The summed E-state index contributed by atoms with van der Waals surface area (Å²) in [5.74, 6) is 0. The molecule has 0 radical (unpaired) electrons. The Kier molecular flexibility index (Phi) is 4.52. The maximum atomic E-state index is 2.17. The molecule has 0 fully saturated rings. The lowest BCUT2D eigenvalue weighted by Gasteiger charge is -1.70. The molecule has 2 heteroatoms. The number of hydrogen-bond donors (Lipinski definition) is 0. The van der Waals surface area contributed by atoms with Crippen molar-refractivity contribution >= 4 is 19.2 Å². The van der Waals surface area contributed by atoms with Crippen molar-refractivity contribution in [3.05, 3.63) is 0 Å². The van der Waals surface area contributed by atoms with E-state index < -0.39 is 0 Å². The molecule has 0 aliphatic carbocycles. The number of rotatable bonds is 1. The highest BCUT2D eigenvalue weighted by atomic mass is 32.7. The predicted octanol–water partition coefficient (Wildman–Crippen LogP) is 1.57.